The van der Waals surface area contributed by atoms with Crippen molar-refractivity contribution in [1.29, 1.82) is 0 Å². The zero-order chi connectivity index (χ0) is 23.3. The van der Waals surface area contributed by atoms with Crippen LogP contribution in [0.15, 0.2) is 50.8 Å². The van der Waals surface area contributed by atoms with Crippen LogP contribution in [0.25, 0.3) is 22.8 Å². The first-order valence-electron chi connectivity index (χ1n) is 11.7. The van der Waals surface area contributed by atoms with Crippen molar-refractivity contribution in [3.05, 3.63) is 53.7 Å². The first kappa shape index (κ1) is 24.1. The van der Waals surface area contributed by atoms with E-state index in [4.69, 9.17) is 8.94 Å². The van der Waals surface area contributed by atoms with Gasteiger partial charge in [-0.05, 0) is 44.7 Å². The molecule has 10 heteroatoms. The minimum absolute atomic E-state index is 0. The Balaban J connectivity index is 0.00000253. The fraction of sp³-hybridized carbons (Fsp3) is 0.440. The van der Waals surface area contributed by atoms with Crippen LogP contribution in [0.4, 0.5) is 0 Å². The molecular weight excluding hydrogens is 484 g/mol. The molecule has 4 aromatic rings. The van der Waals surface area contributed by atoms with Crippen LogP contribution in [0, 0.1) is 19.8 Å². The van der Waals surface area contributed by atoms with Gasteiger partial charge in [-0.2, -0.15) is 0 Å². The van der Waals surface area contributed by atoms with Crippen LogP contribution in [-0.4, -0.2) is 55.2 Å². The van der Waals surface area contributed by atoms with E-state index in [9.17, 15) is 0 Å². The van der Waals surface area contributed by atoms with Crippen molar-refractivity contribution in [1.82, 2.24) is 29.8 Å². The van der Waals surface area contributed by atoms with E-state index in [1.807, 2.05) is 31.5 Å². The monoisotopic (exact) mass is 512 g/mol. The standard InChI is InChI=1S/C25H28N6O2S.ClH/c1-16-11-21(29-33-16)18-5-7-19(8-6-18)25-12-20(25)13-31(14-25)9-4-10-34-24-28-27-23(30(24)3)22-17(2)26-15-32-22;/h5-8,11,15,20H,4,9-10,12-14H2,1-3H3;1H/t20-,25?;/m1./s1. The Hall–Kier alpha value is -2.62. The van der Waals surface area contributed by atoms with Crippen LogP contribution in [0.2, 0.25) is 0 Å². The number of aryl methyl sites for hydroxylation is 2. The molecule has 184 valence electrons. The highest BCUT2D eigenvalue weighted by molar-refractivity contribution is 7.99. The minimum Gasteiger partial charge on any atom is -0.440 e. The maximum atomic E-state index is 5.47. The minimum atomic E-state index is 0. The molecule has 0 N–H and O–H groups in total. The molecule has 8 nitrogen and oxygen atoms in total. The number of aromatic nitrogens is 5. The molecule has 6 rings (SSSR count). The Morgan fingerprint density at radius 2 is 2.00 bits per heavy atom. The summed E-state index contributed by atoms with van der Waals surface area (Å²) in [5.41, 5.74) is 4.67. The van der Waals surface area contributed by atoms with Gasteiger partial charge in [0.05, 0.1) is 5.69 Å². The molecule has 1 aromatic carbocycles. The number of likely N-dealkylation sites (tertiary alicyclic amines) is 1. The highest BCUT2D eigenvalue weighted by atomic mass is 35.5. The van der Waals surface area contributed by atoms with Gasteiger partial charge in [0, 0.05) is 42.9 Å². The number of hydrogen-bond acceptors (Lipinski definition) is 8. The Bertz CT molecular complexity index is 1320. The van der Waals surface area contributed by atoms with Crippen LogP contribution in [0.5, 0.6) is 0 Å². The summed E-state index contributed by atoms with van der Waals surface area (Å²) in [6, 6.07) is 10.9. The van der Waals surface area contributed by atoms with Gasteiger partial charge in [-0.1, -0.05) is 41.2 Å². The number of benzene rings is 1. The fourth-order valence-electron chi connectivity index (χ4n) is 5.29. The lowest BCUT2D eigenvalue weighted by Gasteiger charge is -2.21. The number of halogens is 1. The molecule has 0 spiro atoms. The SMILES string of the molecule is Cc1cc(-c2ccc(C34C[C@@H]3CN(CCCSc3nnc(-c5ocnc5C)n3C)C4)cc2)no1.Cl. The number of nitrogens with zero attached hydrogens (tertiary/aromatic N) is 6. The molecule has 0 amide bonds. The van der Waals surface area contributed by atoms with E-state index >= 15 is 0 Å². The summed E-state index contributed by atoms with van der Waals surface area (Å²) in [6.07, 6.45) is 3.89. The number of thioether (sulfide) groups is 1. The van der Waals surface area contributed by atoms with Gasteiger partial charge in [-0.25, -0.2) is 4.98 Å². The Morgan fingerprint density at radius 1 is 1.17 bits per heavy atom. The normalized spacial score (nSPS) is 21.2. The molecule has 3 aromatic heterocycles. The van der Waals surface area contributed by atoms with Gasteiger partial charge < -0.3 is 18.4 Å². The van der Waals surface area contributed by atoms with Crippen LogP contribution >= 0.6 is 24.2 Å². The third-order valence-corrected chi connectivity index (χ3v) is 8.34. The van der Waals surface area contributed by atoms with Gasteiger partial charge >= 0.3 is 0 Å². The second kappa shape index (κ2) is 9.44. The van der Waals surface area contributed by atoms with Gasteiger partial charge in [-0.3, -0.25) is 0 Å². The van der Waals surface area contributed by atoms with E-state index in [1.54, 1.807) is 11.8 Å². The molecule has 1 saturated carbocycles. The highest BCUT2D eigenvalue weighted by Crippen LogP contribution is 2.59. The topological polar surface area (TPSA) is 86.0 Å². The van der Waals surface area contributed by atoms with E-state index in [1.165, 1.54) is 24.9 Å². The fourth-order valence-corrected chi connectivity index (χ4v) is 6.12. The molecule has 1 aliphatic heterocycles. The van der Waals surface area contributed by atoms with E-state index < -0.39 is 0 Å². The average molecular weight is 513 g/mol. The molecule has 0 bridgehead atoms. The van der Waals surface area contributed by atoms with Crippen LogP contribution in [-0.2, 0) is 12.5 Å². The summed E-state index contributed by atoms with van der Waals surface area (Å²) in [5.74, 6) is 4.05. The highest BCUT2D eigenvalue weighted by Gasteiger charge is 2.60. The molecule has 0 radical (unpaired) electrons. The molecule has 35 heavy (non-hydrogen) atoms. The molecule has 1 unspecified atom stereocenters. The second-order valence-electron chi connectivity index (χ2n) is 9.53. The summed E-state index contributed by atoms with van der Waals surface area (Å²) in [4.78, 5) is 6.78. The number of fused-ring (bicyclic) bond motifs is 1. The van der Waals surface area contributed by atoms with Crippen LogP contribution in [0.3, 0.4) is 0 Å². The predicted octanol–water partition coefficient (Wildman–Crippen LogP) is 4.92. The molecule has 2 fully saturated rings. The summed E-state index contributed by atoms with van der Waals surface area (Å²) in [7, 11) is 1.98. The number of hydrogen-bond donors (Lipinski definition) is 0. The largest absolute Gasteiger partial charge is 0.440 e. The summed E-state index contributed by atoms with van der Waals surface area (Å²) in [6.45, 7) is 7.32. The van der Waals surface area contributed by atoms with E-state index in [0.29, 0.717) is 11.2 Å². The first-order chi connectivity index (χ1) is 16.5. The van der Waals surface area contributed by atoms with Crippen molar-refractivity contribution in [2.45, 2.75) is 37.3 Å². The van der Waals surface area contributed by atoms with Crippen molar-refractivity contribution in [2.75, 3.05) is 25.4 Å². The molecule has 2 aliphatic rings. The quantitative estimate of drug-likeness (QED) is 0.243. The Kier molecular flexibility index (Phi) is 6.50. The van der Waals surface area contributed by atoms with Crippen molar-refractivity contribution < 1.29 is 8.94 Å². The molecule has 2 atom stereocenters. The van der Waals surface area contributed by atoms with Gasteiger partial charge in [0.15, 0.2) is 17.3 Å². The van der Waals surface area contributed by atoms with Crippen LogP contribution < -0.4 is 0 Å². The maximum absolute atomic E-state index is 5.47. The van der Waals surface area contributed by atoms with E-state index in [2.05, 4.69) is 49.5 Å². The smallest absolute Gasteiger partial charge is 0.202 e. The number of oxazole rings is 1. The van der Waals surface area contributed by atoms with Crippen molar-refractivity contribution in [3.8, 4) is 22.8 Å². The molecular formula is C25H29ClN6O2S. The van der Waals surface area contributed by atoms with E-state index in [-0.39, 0.29) is 12.4 Å². The molecule has 1 saturated heterocycles. The molecule has 1 aliphatic carbocycles. The van der Waals surface area contributed by atoms with Gasteiger partial charge in [0.25, 0.3) is 0 Å². The third kappa shape index (κ3) is 4.41. The third-order valence-electron chi connectivity index (χ3n) is 7.23. The first-order valence-corrected chi connectivity index (χ1v) is 12.7. The predicted molar refractivity (Wildman–Crippen MR) is 137 cm³/mol. The average Bonchev–Trinajstić information content (AvgIpc) is 3.31. The molecule has 4 heterocycles. The Labute approximate surface area is 214 Å². The summed E-state index contributed by atoms with van der Waals surface area (Å²) >= 11 is 1.75. The van der Waals surface area contributed by atoms with Gasteiger partial charge in [0.2, 0.25) is 5.82 Å². The lowest BCUT2D eigenvalue weighted by atomic mass is 9.93. The van der Waals surface area contributed by atoms with Crippen molar-refractivity contribution in [3.63, 3.8) is 0 Å². The summed E-state index contributed by atoms with van der Waals surface area (Å²) < 4.78 is 12.7. The number of rotatable bonds is 8. The van der Waals surface area contributed by atoms with E-state index in [0.717, 1.165) is 64.9 Å². The maximum Gasteiger partial charge on any atom is 0.202 e. The number of piperidine rings is 1. The zero-order valence-electron chi connectivity index (χ0n) is 20.1. The lowest BCUT2D eigenvalue weighted by molar-refractivity contribution is 0.299. The van der Waals surface area contributed by atoms with Crippen molar-refractivity contribution in [2.24, 2.45) is 13.0 Å². The zero-order valence-corrected chi connectivity index (χ0v) is 21.7. The summed E-state index contributed by atoms with van der Waals surface area (Å²) in [5, 5.41) is 13.7. The van der Waals surface area contributed by atoms with Gasteiger partial charge in [0.1, 0.15) is 11.5 Å². The van der Waals surface area contributed by atoms with Crippen LogP contribution in [0.1, 0.15) is 29.9 Å². The Morgan fingerprint density at radius 3 is 2.71 bits per heavy atom. The van der Waals surface area contributed by atoms with Crippen molar-refractivity contribution >= 4 is 24.2 Å². The van der Waals surface area contributed by atoms with Gasteiger partial charge in [-0.15, -0.1) is 22.6 Å². The second-order valence-corrected chi connectivity index (χ2v) is 10.6. The lowest BCUT2D eigenvalue weighted by Crippen LogP contribution is -2.27.